The van der Waals surface area contributed by atoms with Gasteiger partial charge in [0.1, 0.15) is 0 Å². The molecule has 1 saturated heterocycles. The van der Waals surface area contributed by atoms with Gasteiger partial charge < -0.3 is 15.5 Å². The molecule has 0 atom stereocenters. The summed E-state index contributed by atoms with van der Waals surface area (Å²) >= 11 is 0. The Kier molecular flexibility index (Phi) is 5.69. The molecule has 0 aliphatic carbocycles. The number of nitrogens with zero attached hydrogens (tertiary/aromatic N) is 3. The molecule has 1 fully saturated rings. The van der Waals surface area contributed by atoms with Crippen molar-refractivity contribution >= 4 is 29.1 Å². The average Bonchev–Trinajstić information content (AvgIpc) is 2.61. The van der Waals surface area contributed by atoms with Gasteiger partial charge in [0, 0.05) is 48.7 Å². The molecule has 0 saturated carbocycles. The Morgan fingerprint density at radius 1 is 1.04 bits per heavy atom. The lowest BCUT2D eigenvalue weighted by Crippen LogP contribution is -2.40. The molecule has 7 nitrogen and oxygen atoms in total. The number of rotatable bonds is 4. The van der Waals surface area contributed by atoms with Crippen LogP contribution in [0.4, 0.5) is 17.3 Å². The maximum atomic E-state index is 12.5. The van der Waals surface area contributed by atoms with E-state index < -0.39 is 0 Å². The maximum absolute atomic E-state index is 12.5. The van der Waals surface area contributed by atoms with Gasteiger partial charge in [-0.1, -0.05) is 6.07 Å². The molecular formula is C20H25N5O2. The number of benzene rings is 1. The quantitative estimate of drug-likeness (QED) is 0.867. The Bertz CT molecular complexity index is 824. The fraction of sp³-hybridized carbons (Fsp3) is 0.400. The molecule has 3 rings (SSSR count). The second kappa shape index (κ2) is 8.16. The van der Waals surface area contributed by atoms with E-state index in [1.165, 1.54) is 0 Å². The van der Waals surface area contributed by atoms with Gasteiger partial charge in [-0.3, -0.25) is 9.59 Å². The van der Waals surface area contributed by atoms with E-state index in [1.807, 2.05) is 44.2 Å². The van der Waals surface area contributed by atoms with Crippen LogP contribution in [0.2, 0.25) is 0 Å². The zero-order valence-corrected chi connectivity index (χ0v) is 16.0. The maximum Gasteiger partial charge on any atom is 0.227 e. The van der Waals surface area contributed by atoms with E-state index in [9.17, 15) is 9.59 Å². The van der Waals surface area contributed by atoms with E-state index in [1.54, 1.807) is 11.8 Å². The molecule has 2 amide bonds. The molecule has 142 valence electrons. The molecule has 0 spiro atoms. The summed E-state index contributed by atoms with van der Waals surface area (Å²) in [5.74, 6) is 0.534. The van der Waals surface area contributed by atoms with Gasteiger partial charge in [-0.2, -0.15) is 0 Å². The first kappa shape index (κ1) is 18.8. The van der Waals surface area contributed by atoms with Gasteiger partial charge in [-0.15, -0.1) is 0 Å². The van der Waals surface area contributed by atoms with Crippen LogP contribution < -0.4 is 10.6 Å². The van der Waals surface area contributed by atoms with Crippen molar-refractivity contribution in [1.29, 1.82) is 0 Å². The number of aromatic nitrogens is 2. The number of carbonyl (C=O) groups is 2. The van der Waals surface area contributed by atoms with Crippen molar-refractivity contribution in [3.8, 4) is 0 Å². The Hall–Kier alpha value is -2.96. The molecule has 2 N–H and O–H groups in total. The van der Waals surface area contributed by atoms with Crippen LogP contribution in [0.15, 0.2) is 30.3 Å². The van der Waals surface area contributed by atoms with Crippen molar-refractivity contribution in [3.63, 3.8) is 0 Å². The molecule has 0 bridgehead atoms. The molecule has 27 heavy (non-hydrogen) atoms. The lowest BCUT2D eigenvalue weighted by atomic mass is 9.96. The van der Waals surface area contributed by atoms with Crippen molar-refractivity contribution < 1.29 is 9.59 Å². The molecule has 2 aromatic rings. The average molecular weight is 367 g/mol. The first-order valence-electron chi connectivity index (χ1n) is 9.16. The van der Waals surface area contributed by atoms with Crippen molar-refractivity contribution in [2.45, 2.75) is 33.6 Å². The highest BCUT2D eigenvalue weighted by Crippen LogP contribution is 2.22. The highest BCUT2D eigenvalue weighted by Gasteiger charge is 2.26. The molecular weight excluding hydrogens is 342 g/mol. The van der Waals surface area contributed by atoms with Crippen molar-refractivity contribution in [3.05, 3.63) is 41.7 Å². The van der Waals surface area contributed by atoms with Crippen LogP contribution in [-0.2, 0) is 9.59 Å². The number of amides is 2. The minimum atomic E-state index is -0.0695. The minimum absolute atomic E-state index is 0.00185. The standard InChI is InChI=1S/C20H25N5O2/c1-13-11-14(2)22-20(21-13)24-18-6-4-5-17(12-18)23-19(27)16-7-9-25(10-8-16)15(3)26/h4-6,11-12,16H,7-10H2,1-3H3,(H,23,27)(H,21,22,24). The van der Waals surface area contributed by atoms with Gasteiger partial charge in [0.15, 0.2) is 0 Å². The molecule has 1 aromatic carbocycles. The van der Waals surface area contributed by atoms with Crippen molar-refractivity contribution in [2.24, 2.45) is 5.92 Å². The molecule has 1 aliphatic rings. The Balaban J connectivity index is 1.62. The molecule has 2 heterocycles. The predicted octanol–water partition coefficient (Wildman–Crippen LogP) is 3.03. The van der Waals surface area contributed by atoms with Crippen molar-refractivity contribution in [2.75, 3.05) is 23.7 Å². The minimum Gasteiger partial charge on any atom is -0.343 e. The van der Waals surface area contributed by atoms with Crippen molar-refractivity contribution in [1.82, 2.24) is 14.9 Å². The van der Waals surface area contributed by atoms with E-state index in [2.05, 4.69) is 20.6 Å². The van der Waals surface area contributed by atoms with E-state index in [4.69, 9.17) is 0 Å². The molecule has 0 radical (unpaired) electrons. The topological polar surface area (TPSA) is 87.2 Å². The third-order valence-corrected chi connectivity index (χ3v) is 4.68. The number of aryl methyl sites for hydroxylation is 2. The number of nitrogens with one attached hydrogen (secondary N) is 2. The first-order valence-corrected chi connectivity index (χ1v) is 9.16. The summed E-state index contributed by atoms with van der Waals surface area (Å²) in [7, 11) is 0. The summed E-state index contributed by atoms with van der Waals surface area (Å²) in [6, 6.07) is 9.42. The van der Waals surface area contributed by atoms with E-state index >= 15 is 0 Å². The summed E-state index contributed by atoms with van der Waals surface area (Å²) in [6.07, 6.45) is 1.39. The van der Waals surface area contributed by atoms with Crippen LogP contribution in [0.5, 0.6) is 0 Å². The van der Waals surface area contributed by atoms with Crippen LogP contribution in [0, 0.1) is 19.8 Å². The number of piperidine rings is 1. The third-order valence-electron chi connectivity index (χ3n) is 4.68. The second-order valence-electron chi connectivity index (χ2n) is 6.95. The lowest BCUT2D eigenvalue weighted by molar-refractivity contribution is -0.132. The van der Waals surface area contributed by atoms with Gasteiger partial charge in [0.2, 0.25) is 17.8 Å². The fourth-order valence-electron chi connectivity index (χ4n) is 3.29. The monoisotopic (exact) mass is 367 g/mol. The Morgan fingerprint density at radius 3 is 2.30 bits per heavy atom. The summed E-state index contributed by atoms with van der Waals surface area (Å²) in [5.41, 5.74) is 3.32. The largest absolute Gasteiger partial charge is 0.343 e. The number of likely N-dealkylation sites (tertiary alicyclic amines) is 1. The van der Waals surface area contributed by atoms with Gasteiger partial charge in [0.05, 0.1) is 0 Å². The van der Waals surface area contributed by atoms with Gasteiger partial charge in [-0.05, 0) is 51.0 Å². The summed E-state index contributed by atoms with van der Waals surface area (Å²) in [5, 5.41) is 6.16. The molecule has 1 aromatic heterocycles. The zero-order valence-electron chi connectivity index (χ0n) is 16.0. The Labute approximate surface area is 159 Å². The number of hydrogen-bond acceptors (Lipinski definition) is 5. The van der Waals surface area contributed by atoms with Gasteiger partial charge in [-0.25, -0.2) is 9.97 Å². The van der Waals surface area contributed by atoms with Gasteiger partial charge in [0.25, 0.3) is 0 Å². The van der Waals surface area contributed by atoms with E-state index in [0.29, 0.717) is 31.9 Å². The van der Waals surface area contributed by atoms with Crippen LogP contribution in [0.1, 0.15) is 31.2 Å². The zero-order chi connectivity index (χ0) is 19.4. The number of carbonyl (C=O) groups excluding carboxylic acids is 2. The smallest absolute Gasteiger partial charge is 0.227 e. The van der Waals surface area contributed by atoms with E-state index in [-0.39, 0.29) is 17.7 Å². The highest BCUT2D eigenvalue weighted by molar-refractivity contribution is 5.93. The third kappa shape index (κ3) is 5.03. The molecule has 0 unspecified atom stereocenters. The number of anilines is 3. The first-order chi connectivity index (χ1) is 12.9. The Morgan fingerprint density at radius 2 is 1.67 bits per heavy atom. The SMILES string of the molecule is CC(=O)N1CCC(C(=O)Nc2cccc(Nc3nc(C)cc(C)n3)c2)CC1. The molecule has 7 heteroatoms. The summed E-state index contributed by atoms with van der Waals surface area (Å²) in [6.45, 7) is 6.69. The van der Waals surface area contributed by atoms with Crippen LogP contribution >= 0.6 is 0 Å². The van der Waals surface area contributed by atoms with Crippen LogP contribution in [0.25, 0.3) is 0 Å². The van der Waals surface area contributed by atoms with Crippen LogP contribution in [0.3, 0.4) is 0 Å². The fourth-order valence-corrected chi connectivity index (χ4v) is 3.29. The van der Waals surface area contributed by atoms with E-state index in [0.717, 1.165) is 22.8 Å². The highest BCUT2D eigenvalue weighted by atomic mass is 16.2. The van der Waals surface area contributed by atoms with Crippen LogP contribution in [-0.4, -0.2) is 39.8 Å². The molecule has 1 aliphatic heterocycles. The van der Waals surface area contributed by atoms with Gasteiger partial charge >= 0.3 is 0 Å². The summed E-state index contributed by atoms with van der Waals surface area (Å²) in [4.78, 5) is 34.5. The number of hydrogen-bond donors (Lipinski definition) is 2. The normalized spacial score (nSPS) is 14.7. The predicted molar refractivity (Wildman–Crippen MR) is 105 cm³/mol. The lowest BCUT2D eigenvalue weighted by Gasteiger charge is -2.30. The second-order valence-corrected chi connectivity index (χ2v) is 6.95. The summed E-state index contributed by atoms with van der Waals surface area (Å²) < 4.78 is 0.